The van der Waals surface area contributed by atoms with Gasteiger partial charge < -0.3 is 10.5 Å². The van der Waals surface area contributed by atoms with Crippen molar-refractivity contribution in [2.75, 3.05) is 12.3 Å². The fraction of sp³-hybridized carbons (Fsp3) is 0.188. The van der Waals surface area contributed by atoms with Crippen molar-refractivity contribution in [2.24, 2.45) is 0 Å². The van der Waals surface area contributed by atoms with E-state index in [2.05, 4.69) is 15.9 Å². The van der Waals surface area contributed by atoms with Crippen LogP contribution in [0.2, 0.25) is 0 Å². The molecule has 104 valence electrons. The van der Waals surface area contributed by atoms with Gasteiger partial charge in [-0.1, -0.05) is 0 Å². The Kier molecular flexibility index (Phi) is 4.45. The molecule has 0 bridgehead atoms. The van der Waals surface area contributed by atoms with Gasteiger partial charge in [0.15, 0.2) is 5.78 Å². The molecule has 0 aliphatic rings. The first-order chi connectivity index (χ1) is 9.52. The van der Waals surface area contributed by atoms with Crippen LogP contribution in [-0.2, 0) is 0 Å². The lowest BCUT2D eigenvalue weighted by molar-refractivity contribution is 0.103. The van der Waals surface area contributed by atoms with Crippen molar-refractivity contribution in [3.05, 3.63) is 57.6 Å². The molecule has 0 aliphatic carbocycles. The van der Waals surface area contributed by atoms with Crippen LogP contribution in [0.3, 0.4) is 0 Å². The van der Waals surface area contributed by atoms with E-state index in [4.69, 9.17) is 10.5 Å². The van der Waals surface area contributed by atoms with E-state index >= 15 is 0 Å². The number of carbonyl (C=O) groups excluding carboxylic acids is 1. The Balaban J connectivity index is 2.35. The van der Waals surface area contributed by atoms with E-state index in [1.807, 2.05) is 13.8 Å². The zero-order chi connectivity index (χ0) is 14.7. The summed E-state index contributed by atoms with van der Waals surface area (Å²) in [5.41, 5.74) is 8.60. The summed E-state index contributed by atoms with van der Waals surface area (Å²) in [6, 6.07) is 10.7. The number of rotatable bonds is 4. The Morgan fingerprint density at radius 1 is 1.25 bits per heavy atom. The molecule has 4 heteroatoms. The zero-order valence-corrected chi connectivity index (χ0v) is 13.0. The summed E-state index contributed by atoms with van der Waals surface area (Å²) in [6.07, 6.45) is 0. The normalized spacial score (nSPS) is 10.3. The molecule has 0 spiro atoms. The number of benzene rings is 2. The first-order valence-electron chi connectivity index (χ1n) is 6.36. The van der Waals surface area contributed by atoms with Crippen LogP contribution < -0.4 is 10.5 Å². The largest absolute Gasteiger partial charge is 0.494 e. The number of anilines is 1. The number of carbonyl (C=O) groups is 1. The second-order valence-electron chi connectivity index (χ2n) is 4.48. The summed E-state index contributed by atoms with van der Waals surface area (Å²) in [6.45, 7) is 4.40. The zero-order valence-electron chi connectivity index (χ0n) is 11.4. The molecule has 2 rings (SSSR count). The monoisotopic (exact) mass is 333 g/mol. The van der Waals surface area contributed by atoms with Gasteiger partial charge in [-0.05, 0) is 71.7 Å². The highest BCUT2D eigenvalue weighted by Crippen LogP contribution is 2.26. The van der Waals surface area contributed by atoms with Crippen molar-refractivity contribution in [2.45, 2.75) is 13.8 Å². The summed E-state index contributed by atoms with van der Waals surface area (Å²) in [7, 11) is 0. The molecule has 2 aromatic rings. The van der Waals surface area contributed by atoms with Crippen molar-refractivity contribution in [3.63, 3.8) is 0 Å². The summed E-state index contributed by atoms with van der Waals surface area (Å²) in [4.78, 5) is 12.5. The Morgan fingerprint density at radius 2 is 2.00 bits per heavy atom. The maximum absolute atomic E-state index is 12.5. The quantitative estimate of drug-likeness (QED) is 0.680. The average molecular weight is 334 g/mol. The maximum atomic E-state index is 12.5. The standard InChI is InChI=1S/C16H16BrNO2/c1-3-20-12-5-6-13(14(17)9-12)16(19)11-4-7-15(18)10(2)8-11/h4-9H,3,18H2,1-2H3. The number of ketones is 1. The van der Waals surface area contributed by atoms with Gasteiger partial charge in [-0.2, -0.15) is 0 Å². The maximum Gasteiger partial charge on any atom is 0.194 e. The molecule has 2 N–H and O–H groups in total. The van der Waals surface area contributed by atoms with Crippen LogP contribution in [0, 0.1) is 6.92 Å². The van der Waals surface area contributed by atoms with Crippen LogP contribution >= 0.6 is 15.9 Å². The van der Waals surface area contributed by atoms with Crippen molar-refractivity contribution in [1.29, 1.82) is 0 Å². The number of halogens is 1. The molecule has 20 heavy (non-hydrogen) atoms. The molecule has 2 aromatic carbocycles. The Hall–Kier alpha value is -1.81. The summed E-state index contributed by atoms with van der Waals surface area (Å²) in [5, 5.41) is 0. The topological polar surface area (TPSA) is 52.3 Å². The highest BCUT2D eigenvalue weighted by atomic mass is 79.9. The molecule has 0 amide bonds. The third kappa shape index (κ3) is 3.02. The van der Waals surface area contributed by atoms with Crippen LogP contribution in [0.1, 0.15) is 28.4 Å². The van der Waals surface area contributed by atoms with Gasteiger partial charge >= 0.3 is 0 Å². The van der Waals surface area contributed by atoms with E-state index in [1.54, 1.807) is 36.4 Å². The number of aryl methyl sites for hydroxylation is 1. The van der Waals surface area contributed by atoms with E-state index in [9.17, 15) is 4.79 Å². The van der Waals surface area contributed by atoms with Gasteiger partial charge in [0.25, 0.3) is 0 Å². The summed E-state index contributed by atoms with van der Waals surface area (Å²) < 4.78 is 6.13. The SMILES string of the molecule is CCOc1ccc(C(=O)c2ccc(N)c(C)c2)c(Br)c1. The van der Waals surface area contributed by atoms with Gasteiger partial charge in [0, 0.05) is 21.3 Å². The molecule has 0 saturated carbocycles. The molecule has 0 radical (unpaired) electrons. The fourth-order valence-corrected chi connectivity index (χ4v) is 2.45. The van der Waals surface area contributed by atoms with E-state index in [-0.39, 0.29) is 5.78 Å². The summed E-state index contributed by atoms with van der Waals surface area (Å²) in [5.74, 6) is 0.701. The molecular weight excluding hydrogens is 318 g/mol. The molecule has 0 atom stereocenters. The van der Waals surface area contributed by atoms with E-state index < -0.39 is 0 Å². The fourth-order valence-electron chi connectivity index (χ4n) is 1.91. The number of ether oxygens (including phenoxy) is 1. The average Bonchev–Trinajstić information content (AvgIpc) is 2.42. The molecule has 0 aromatic heterocycles. The lowest BCUT2D eigenvalue weighted by atomic mass is 10.0. The number of hydrogen-bond donors (Lipinski definition) is 1. The van der Waals surface area contributed by atoms with Crippen molar-refractivity contribution < 1.29 is 9.53 Å². The van der Waals surface area contributed by atoms with Gasteiger partial charge in [-0.15, -0.1) is 0 Å². The van der Waals surface area contributed by atoms with Crippen LogP contribution in [0.5, 0.6) is 5.75 Å². The van der Waals surface area contributed by atoms with Crippen molar-refractivity contribution in [1.82, 2.24) is 0 Å². The molecule has 0 unspecified atom stereocenters. The van der Waals surface area contributed by atoms with Crippen molar-refractivity contribution >= 4 is 27.4 Å². The highest BCUT2D eigenvalue weighted by Gasteiger charge is 2.14. The lowest BCUT2D eigenvalue weighted by Gasteiger charge is -2.08. The smallest absolute Gasteiger partial charge is 0.194 e. The second kappa shape index (κ2) is 6.09. The number of hydrogen-bond acceptors (Lipinski definition) is 3. The van der Waals surface area contributed by atoms with Crippen molar-refractivity contribution in [3.8, 4) is 5.75 Å². The molecule has 3 nitrogen and oxygen atoms in total. The van der Waals surface area contributed by atoms with Gasteiger partial charge in [-0.3, -0.25) is 4.79 Å². The van der Waals surface area contributed by atoms with Gasteiger partial charge in [0.2, 0.25) is 0 Å². The second-order valence-corrected chi connectivity index (χ2v) is 5.33. The Bertz CT molecular complexity index is 653. The highest BCUT2D eigenvalue weighted by molar-refractivity contribution is 9.10. The Labute approximate surface area is 126 Å². The van der Waals surface area contributed by atoms with Crippen LogP contribution in [0.25, 0.3) is 0 Å². The van der Waals surface area contributed by atoms with Gasteiger partial charge in [-0.25, -0.2) is 0 Å². The minimum absolute atomic E-state index is 0.0389. The third-order valence-electron chi connectivity index (χ3n) is 3.03. The Morgan fingerprint density at radius 3 is 2.60 bits per heavy atom. The first-order valence-corrected chi connectivity index (χ1v) is 7.15. The minimum atomic E-state index is -0.0389. The molecule has 0 aliphatic heterocycles. The van der Waals surface area contributed by atoms with E-state index in [0.717, 1.165) is 15.8 Å². The summed E-state index contributed by atoms with van der Waals surface area (Å²) >= 11 is 3.42. The van der Waals surface area contributed by atoms with E-state index in [1.165, 1.54) is 0 Å². The minimum Gasteiger partial charge on any atom is -0.494 e. The number of nitrogen functional groups attached to an aromatic ring is 1. The predicted octanol–water partition coefficient (Wildman–Crippen LogP) is 3.97. The van der Waals surface area contributed by atoms with Crippen LogP contribution in [0.15, 0.2) is 40.9 Å². The van der Waals surface area contributed by atoms with Gasteiger partial charge in [0.05, 0.1) is 6.61 Å². The van der Waals surface area contributed by atoms with Crippen LogP contribution in [-0.4, -0.2) is 12.4 Å². The molecule has 0 fully saturated rings. The van der Waals surface area contributed by atoms with Crippen LogP contribution in [0.4, 0.5) is 5.69 Å². The number of nitrogens with two attached hydrogens (primary N) is 1. The first kappa shape index (κ1) is 14.6. The lowest BCUT2D eigenvalue weighted by Crippen LogP contribution is -2.04. The van der Waals surface area contributed by atoms with E-state index in [0.29, 0.717) is 23.4 Å². The predicted molar refractivity (Wildman–Crippen MR) is 84.3 cm³/mol. The van der Waals surface area contributed by atoms with Gasteiger partial charge in [0.1, 0.15) is 5.75 Å². The third-order valence-corrected chi connectivity index (χ3v) is 3.68. The molecular formula is C16H16BrNO2. The molecule has 0 saturated heterocycles. The molecule has 0 heterocycles.